The van der Waals surface area contributed by atoms with Crippen LogP contribution in [0, 0.1) is 12.8 Å². The van der Waals surface area contributed by atoms with E-state index < -0.39 is 10.0 Å². The van der Waals surface area contributed by atoms with Gasteiger partial charge in [-0.1, -0.05) is 23.8 Å². The number of likely N-dealkylation sites (tertiary alicyclic amines) is 1. The highest BCUT2D eigenvalue weighted by molar-refractivity contribution is 7.89. The lowest BCUT2D eigenvalue weighted by atomic mass is 9.98. The maximum atomic E-state index is 12.9. The molecule has 0 radical (unpaired) electrons. The summed E-state index contributed by atoms with van der Waals surface area (Å²) in [6.45, 7) is 7.29. The Hall–Kier alpha value is -2.49. The molecule has 1 atom stereocenters. The van der Waals surface area contributed by atoms with Crippen LogP contribution < -0.4 is 9.62 Å². The lowest BCUT2D eigenvalue weighted by Crippen LogP contribution is -2.52. The van der Waals surface area contributed by atoms with Crippen LogP contribution in [0.25, 0.3) is 0 Å². The van der Waals surface area contributed by atoms with E-state index in [1.807, 2.05) is 30.0 Å². The molecule has 0 aliphatic carbocycles. The van der Waals surface area contributed by atoms with Gasteiger partial charge in [-0.05, 0) is 56.5 Å². The molecule has 178 valence electrons. The molecule has 8 nitrogen and oxygen atoms in total. The Bertz CT molecular complexity index is 1020. The summed E-state index contributed by atoms with van der Waals surface area (Å²) in [7, 11) is -3.52. The van der Waals surface area contributed by atoms with Crippen LogP contribution in [0.15, 0.2) is 53.6 Å². The largest absolute Gasteiger partial charge is 0.353 e. The summed E-state index contributed by atoms with van der Waals surface area (Å²) in [5.41, 5.74) is 1.03. The number of nitrogens with zero attached hydrogens (tertiary/aromatic N) is 4. The number of nitrogens with one attached hydrogen (secondary N) is 1. The van der Waals surface area contributed by atoms with Crippen LogP contribution >= 0.6 is 0 Å². The molecule has 2 saturated heterocycles. The van der Waals surface area contributed by atoms with Gasteiger partial charge in [-0.2, -0.15) is 0 Å². The maximum absolute atomic E-state index is 12.9. The first kappa shape index (κ1) is 23.7. The molecule has 9 heteroatoms. The SMILES string of the molecule is Cc1ccc(S(=O)(=O)NCC2CCCN(CC(=O)N3CCN(c4ccccn4)CC3)C2)cc1. The number of hydrogen-bond acceptors (Lipinski definition) is 6. The minimum absolute atomic E-state index is 0.150. The first-order chi connectivity index (χ1) is 15.9. The Kier molecular flexibility index (Phi) is 7.62. The number of sulfonamides is 1. The standard InChI is InChI=1S/C24H33N5O3S/c1-20-7-9-22(10-8-20)33(31,32)26-17-21-5-4-12-27(18-21)19-24(30)29-15-13-28(14-16-29)23-6-2-3-11-25-23/h2-3,6-11,21,26H,4-5,12-19H2,1H3. The number of rotatable bonds is 7. The van der Waals surface area contributed by atoms with Crippen molar-refractivity contribution >= 4 is 21.7 Å². The first-order valence-electron chi connectivity index (χ1n) is 11.6. The van der Waals surface area contributed by atoms with Crippen molar-refractivity contribution in [3.05, 3.63) is 54.2 Å². The van der Waals surface area contributed by atoms with Crippen LogP contribution in [0.2, 0.25) is 0 Å². The fourth-order valence-electron chi connectivity index (χ4n) is 4.51. The minimum Gasteiger partial charge on any atom is -0.353 e. The average molecular weight is 472 g/mol. The molecule has 33 heavy (non-hydrogen) atoms. The molecule has 4 rings (SSSR count). The number of carbonyl (C=O) groups excluding carboxylic acids is 1. The molecule has 3 heterocycles. The Morgan fingerprint density at radius 1 is 1.06 bits per heavy atom. The van der Waals surface area contributed by atoms with Crippen molar-refractivity contribution in [1.82, 2.24) is 19.5 Å². The summed E-state index contributed by atoms with van der Waals surface area (Å²) in [6, 6.07) is 12.8. The van der Waals surface area contributed by atoms with Crippen LogP contribution in [0.4, 0.5) is 5.82 Å². The summed E-state index contributed by atoms with van der Waals surface area (Å²) in [5.74, 6) is 1.31. The fraction of sp³-hybridized carbons (Fsp3) is 0.500. The second-order valence-electron chi connectivity index (χ2n) is 8.96. The molecule has 1 amide bonds. The van der Waals surface area contributed by atoms with Crippen molar-refractivity contribution in [1.29, 1.82) is 0 Å². The van der Waals surface area contributed by atoms with Crippen LogP contribution in [0.5, 0.6) is 0 Å². The Labute approximate surface area is 196 Å². The van der Waals surface area contributed by atoms with Gasteiger partial charge < -0.3 is 9.80 Å². The van der Waals surface area contributed by atoms with E-state index >= 15 is 0 Å². The van der Waals surface area contributed by atoms with Crippen molar-refractivity contribution in [3.8, 4) is 0 Å². The molecule has 2 aromatic rings. The van der Waals surface area contributed by atoms with E-state index in [1.54, 1.807) is 30.5 Å². The van der Waals surface area contributed by atoms with Gasteiger partial charge in [0.1, 0.15) is 5.82 Å². The normalized spacial score (nSPS) is 20.1. The molecule has 0 bridgehead atoms. The van der Waals surface area contributed by atoms with E-state index in [-0.39, 0.29) is 11.8 Å². The molecule has 1 N–H and O–H groups in total. The molecular weight excluding hydrogens is 438 g/mol. The Morgan fingerprint density at radius 3 is 2.52 bits per heavy atom. The number of carbonyl (C=O) groups is 1. The van der Waals surface area contributed by atoms with Gasteiger partial charge in [0.15, 0.2) is 0 Å². The molecule has 1 aromatic heterocycles. The number of aryl methyl sites for hydroxylation is 1. The molecular formula is C24H33N5O3S. The number of piperidine rings is 1. The van der Waals surface area contributed by atoms with Crippen molar-refractivity contribution < 1.29 is 13.2 Å². The van der Waals surface area contributed by atoms with Gasteiger partial charge in [-0.3, -0.25) is 9.69 Å². The molecule has 2 aliphatic heterocycles. The monoisotopic (exact) mass is 471 g/mol. The molecule has 1 unspecified atom stereocenters. The molecule has 0 spiro atoms. The predicted molar refractivity (Wildman–Crippen MR) is 129 cm³/mol. The van der Waals surface area contributed by atoms with Crippen LogP contribution in [-0.2, 0) is 14.8 Å². The van der Waals surface area contributed by atoms with Gasteiger partial charge in [0.2, 0.25) is 15.9 Å². The predicted octanol–water partition coefficient (Wildman–Crippen LogP) is 1.73. The van der Waals surface area contributed by atoms with E-state index in [1.165, 1.54) is 0 Å². The van der Waals surface area contributed by atoms with E-state index in [9.17, 15) is 13.2 Å². The maximum Gasteiger partial charge on any atom is 0.240 e. The zero-order valence-electron chi connectivity index (χ0n) is 19.2. The molecule has 2 aliphatic rings. The minimum atomic E-state index is -3.52. The molecule has 1 aromatic carbocycles. The highest BCUT2D eigenvalue weighted by Crippen LogP contribution is 2.18. The van der Waals surface area contributed by atoms with Crippen molar-refractivity contribution in [2.24, 2.45) is 5.92 Å². The zero-order chi connectivity index (χ0) is 23.3. The smallest absolute Gasteiger partial charge is 0.240 e. The van der Waals surface area contributed by atoms with Crippen molar-refractivity contribution in [2.75, 3.05) is 57.3 Å². The number of benzene rings is 1. The lowest BCUT2D eigenvalue weighted by Gasteiger charge is -2.37. The van der Waals surface area contributed by atoms with Gasteiger partial charge in [0, 0.05) is 45.5 Å². The first-order valence-corrected chi connectivity index (χ1v) is 13.1. The number of anilines is 1. The third-order valence-electron chi connectivity index (χ3n) is 6.46. The third-order valence-corrected chi connectivity index (χ3v) is 7.90. The third kappa shape index (κ3) is 6.31. The molecule has 0 saturated carbocycles. The summed E-state index contributed by atoms with van der Waals surface area (Å²) in [5, 5.41) is 0. The van der Waals surface area contributed by atoms with Gasteiger partial charge in [0.05, 0.1) is 11.4 Å². The molecule has 2 fully saturated rings. The highest BCUT2D eigenvalue weighted by atomic mass is 32.2. The van der Waals surface area contributed by atoms with Gasteiger partial charge in [-0.25, -0.2) is 18.1 Å². The zero-order valence-corrected chi connectivity index (χ0v) is 20.0. The topological polar surface area (TPSA) is 85.8 Å². The van der Waals surface area contributed by atoms with Gasteiger partial charge in [0.25, 0.3) is 0 Å². The summed E-state index contributed by atoms with van der Waals surface area (Å²) >= 11 is 0. The number of pyridine rings is 1. The Balaban J connectivity index is 1.23. The number of piperazine rings is 1. The van der Waals surface area contributed by atoms with Crippen molar-refractivity contribution in [3.63, 3.8) is 0 Å². The van der Waals surface area contributed by atoms with Gasteiger partial charge in [-0.15, -0.1) is 0 Å². The van der Waals surface area contributed by atoms with Gasteiger partial charge >= 0.3 is 0 Å². The second kappa shape index (κ2) is 10.6. The van der Waals surface area contributed by atoms with Crippen molar-refractivity contribution in [2.45, 2.75) is 24.7 Å². The average Bonchev–Trinajstić information content (AvgIpc) is 2.84. The highest BCUT2D eigenvalue weighted by Gasteiger charge is 2.27. The summed E-state index contributed by atoms with van der Waals surface area (Å²) < 4.78 is 27.9. The summed E-state index contributed by atoms with van der Waals surface area (Å²) in [4.78, 5) is 23.9. The van der Waals surface area contributed by atoms with Crippen LogP contribution in [0.1, 0.15) is 18.4 Å². The number of aromatic nitrogens is 1. The number of amides is 1. The summed E-state index contributed by atoms with van der Waals surface area (Å²) in [6.07, 6.45) is 3.72. The van der Waals surface area contributed by atoms with E-state index in [0.29, 0.717) is 31.1 Å². The number of hydrogen-bond donors (Lipinski definition) is 1. The van der Waals surface area contributed by atoms with E-state index in [4.69, 9.17) is 0 Å². The second-order valence-corrected chi connectivity index (χ2v) is 10.7. The fourth-order valence-corrected chi connectivity index (χ4v) is 5.62. The van der Waals surface area contributed by atoms with Crippen LogP contribution in [-0.4, -0.2) is 81.5 Å². The quantitative estimate of drug-likeness (QED) is 0.662. The lowest BCUT2D eigenvalue weighted by molar-refractivity contribution is -0.133. The van der Waals surface area contributed by atoms with E-state index in [0.717, 1.165) is 50.4 Å². The van der Waals surface area contributed by atoms with E-state index in [2.05, 4.69) is 19.5 Å². The Morgan fingerprint density at radius 2 is 1.82 bits per heavy atom. The van der Waals surface area contributed by atoms with Crippen LogP contribution in [0.3, 0.4) is 0 Å².